The maximum absolute atomic E-state index is 6.24. The molecule has 4 rings (SSSR count). The van der Waals surface area contributed by atoms with E-state index in [1.54, 1.807) is 0 Å². The Labute approximate surface area is 168 Å². The largest absolute Gasteiger partial charge is 0.373 e. The molecular formula is C25H26BNO. The number of nitrogens with zero attached hydrogens (tertiary/aromatic N) is 1. The van der Waals surface area contributed by atoms with Crippen molar-refractivity contribution in [3.05, 3.63) is 84.9 Å². The Morgan fingerprint density at radius 1 is 0.893 bits per heavy atom. The van der Waals surface area contributed by atoms with E-state index in [1.165, 1.54) is 33.6 Å². The van der Waals surface area contributed by atoms with Crippen molar-refractivity contribution >= 4 is 19.2 Å². The van der Waals surface area contributed by atoms with Crippen molar-refractivity contribution in [3.63, 3.8) is 0 Å². The fraction of sp³-hybridized carbons (Fsp3) is 0.200. The van der Waals surface area contributed by atoms with Gasteiger partial charge in [0.15, 0.2) is 7.85 Å². The van der Waals surface area contributed by atoms with Gasteiger partial charge in [-0.15, -0.1) is 6.58 Å². The molecule has 140 valence electrons. The van der Waals surface area contributed by atoms with E-state index in [9.17, 15) is 0 Å². The van der Waals surface area contributed by atoms with E-state index < -0.39 is 5.50 Å². The zero-order valence-corrected chi connectivity index (χ0v) is 17.1. The summed E-state index contributed by atoms with van der Waals surface area (Å²) in [6.07, 6.45) is 2.01. The Morgan fingerprint density at radius 3 is 2.11 bits per heavy atom. The molecule has 0 aromatic heterocycles. The highest BCUT2D eigenvalue weighted by atomic mass is 16.5. The zero-order valence-electron chi connectivity index (χ0n) is 17.1. The summed E-state index contributed by atoms with van der Waals surface area (Å²) in [5.41, 5.74) is 7.96. The van der Waals surface area contributed by atoms with Crippen LogP contribution < -0.4 is 4.90 Å². The van der Waals surface area contributed by atoms with Gasteiger partial charge in [-0.25, -0.2) is 0 Å². The molecule has 1 aliphatic rings. The van der Waals surface area contributed by atoms with Crippen LogP contribution in [0.5, 0.6) is 0 Å². The molecule has 28 heavy (non-hydrogen) atoms. The lowest BCUT2D eigenvalue weighted by molar-refractivity contribution is 0.00448. The summed E-state index contributed by atoms with van der Waals surface area (Å²) >= 11 is 0. The van der Waals surface area contributed by atoms with E-state index in [-0.39, 0.29) is 6.10 Å². The van der Waals surface area contributed by atoms with Crippen molar-refractivity contribution in [2.45, 2.75) is 25.5 Å². The van der Waals surface area contributed by atoms with E-state index in [0.29, 0.717) is 0 Å². The highest BCUT2D eigenvalue weighted by Crippen LogP contribution is 2.47. The summed E-state index contributed by atoms with van der Waals surface area (Å²) < 4.78 is 6.24. The van der Waals surface area contributed by atoms with Crippen molar-refractivity contribution in [1.29, 1.82) is 0 Å². The fourth-order valence-electron chi connectivity index (χ4n) is 4.15. The molecule has 1 aliphatic heterocycles. The van der Waals surface area contributed by atoms with Crippen LogP contribution in [-0.4, -0.2) is 21.0 Å². The molecular weight excluding hydrogens is 341 g/mol. The number of anilines is 2. The number of ether oxygens (including phenoxy) is 1. The number of fused-ring (bicyclic) bond motifs is 5. The van der Waals surface area contributed by atoms with Gasteiger partial charge in [-0.3, -0.25) is 0 Å². The first-order valence-electron chi connectivity index (χ1n) is 9.83. The summed E-state index contributed by atoms with van der Waals surface area (Å²) in [4.78, 5) is 2.28. The predicted molar refractivity (Wildman–Crippen MR) is 122 cm³/mol. The molecule has 0 bridgehead atoms. The molecule has 0 fully saturated rings. The van der Waals surface area contributed by atoms with E-state index in [0.717, 1.165) is 5.56 Å². The maximum Gasteiger partial charge on any atom is 0.154 e. The van der Waals surface area contributed by atoms with Gasteiger partial charge < -0.3 is 9.64 Å². The van der Waals surface area contributed by atoms with Crippen LogP contribution >= 0.6 is 0 Å². The minimum atomic E-state index is -0.532. The fourth-order valence-corrected chi connectivity index (χ4v) is 4.15. The Morgan fingerprint density at radius 2 is 1.46 bits per heavy atom. The van der Waals surface area contributed by atoms with Gasteiger partial charge >= 0.3 is 0 Å². The maximum atomic E-state index is 6.24. The minimum absolute atomic E-state index is 0.112. The van der Waals surface area contributed by atoms with Crippen molar-refractivity contribution in [2.24, 2.45) is 0 Å². The molecule has 0 N–H and O–H groups in total. The first kappa shape index (κ1) is 18.6. The van der Waals surface area contributed by atoms with Gasteiger partial charge in [0, 0.05) is 29.5 Å². The molecule has 0 spiro atoms. The molecule has 1 unspecified atom stereocenters. The molecule has 3 aromatic carbocycles. The number of hydrogen-bond donors (Lipinski definition) is 0. The zero-order chi connectivity index (χ0) is 19.9. The van der Waals surface area contributed by atoms with Gasteiger partial charge in [0.05, 0.1) is 11.6 Å². The second kappa shape index (κ2) is 6.99. The summed E-state index contributed by atoms with van der Waals surface area (Å²) in [7, 11) is 4.23. The van der Waals surface area contributed by atoms with Crippen LogP contribution in [0.2, 0.25) is 0 Å². The number of rotatable bonds is 4. The van der Waals surface area contributed by atoms with Crippen LogP contribution in [0, 0.1) is 0 Å². The van der Waals surface area contributed by atoms with Gasteiger partial charge in [-0.2, -0.15) is 0 Å². The van der Waals surface area contributed by atoms with Crippen molar-refractivity contribution in [3.8, 4) is 22.3 Å². The van der Waals surface area contributed by atoms with Crippen LogP contribution in [0.3, 0.4) is 0 Å². The Kier molecular flexibility index (Phi) is 4.64. The van der Waals surface area contributed by atoms with Crippen molar-refractivity contribution in [2.75, 3.05) is 11.9 Å². The topological polar surface area (TPSA) is 12.5 Å². The average Bonchev–Trinajstić information content (AvgIpc) is 2.81. The minimum Gasteiger partial charge on any atom is -0.373 e. The highest BCUT2D eigenvalue weighted by molar-refractivity contribution is 6.16. The molecule has 1 heterocycles. The molecule has 0 radical (unpaired) electrons. The van der Waals surface area contributed by atoms with E-state index in [2.05, 4.69) is 107 Å². The Hall–Kier alpha value is -2.78. The normalized spacial score (nSPS) is 14.5. The summed E-state index contributed by atoms with van der Waals surface area (Å²) in [6, 6.07) is 23.9. The van der Waals surface area contributed by atoms with Crippen LogP contribution in [0.4, 0.5) is 11.4 Å². The second-order valence-corrected chi connectivity index (χ2v) is 7.83. The van der Waals surface area contributed by atoms with Crippen LogP contribution in [0.1, 0.15) is 19.4 Å². The van der Waals surface area contributed by atoms with E-state index >= 15 is 0 Å². The molecule has 0 saturated heterocycles. The van der Waals surface area contributed by atoms with Crippen LogP contribution in [-0.2, 0) is 10.2 Å². The quantitative estimate of drug-likeness (QED) is 0.446. The van der Waals surface area contributed by atoms with Crippen LogP contribution in [0.15, 0.2) is 79.4 Å². The molecule has 3 heteroatoms. The Bertz CT molecular complexity index is 1040. The number of para-hydroxylation sites is 1. The SMILES string of the molecule is BC(C=C)(OC(C)C)c1ccc2c(c1)-c1ccccc1-c1ccccc1N2C. The second-order valence-electron chi connectivity index (χ2n) is 7.83. The average molecular weight is 367 g/mol. The van der Waals surface area contributed by atoms with Crippen molar-refractivity contribution < 1.29 is 4.74 Å². The molecule has 0 amide bonds. The molecule has 1 atom stereocenters. The van der Waals surface area contributed by atoms with Crippen molar-refractivity contribution in [1.82, 2.24) is 0 Å². The molecule has 3 aromatic rings. The summed E-state index contributed by atoms with van der Waals surface area (Å²) in [5.74, 6) is 0. The van der Waals surface area contributed by atoms with E-state index in [4.69, 9.17) is 4.74 Å². The van der Waals surface area contributed by atoms with Gasteiger partial charge in [0.25, 0.3) is 0 Å². The summed E-state index contributed by atoms with van der Waals surface area (Å²) in [5, 5.41) is 0. The highest BCUT2D eigenvalue weighted by Gasteiger charge is 2.28. The third-order valence-electron chi connectivity index (χ3n) is 5.57. The lowest BCUT2D eigenvalue weighted by atomic mass is 9.74. The lowest BCUT2D eigenvalue weighted by Gasteiger charge is -2.31. The van der Waals surface area contributed by atoms with Gasteiger partial charge in [-0.1, -0.05) is 54.6 Å². The number of hydrogen-bond acceptors (Lipinski definition) is 2. The Balaban J connectivity index is 1.98. The van der Waals surface area contributed by atoms with E-state index in [1.807, 2.05) is 6.08 Å². The van der Waals surface area contributed by atoms with Gasteiger partial charge in [0.1, 0.15) is 0 Å². The monoisotopic (exact) mass is 367 g/mol. The number of benzene rings is 3. The third kappa shape index (κ3) is 2.96. The standard InChI is InChI=1S/C25H26BNO/c1-5-25(26,28-17(2)3)18-14-15-24-22(16-18)20-11-7-6-10-19(20)21-12-8-9-13-23(21)27(24)4/h5-17H,1,26H2,2-4H3. The third-order valence-corrected chi connectivity index (χ3v) is 5.57. The first-order chi connectivity index (χ1) is 13.4. The smallest absolute Gasteiger partial charge is 0.154 e. The molecule has 2 nitrogen and oxygen atoms in total. The first-order valence-corrected chi connectivity index (χ1v) is 9.83. The predicted octanol–water partition coefficient (Wildman–Crippen LogP) is 5.50. The van der Waals surface area contributed by atoms with Gasteiger partial charge in [-0.05, 0) is 48.7 Å². The molecule has 0 aliphatic carbocycles. The van der Waals surface area contributed by atoms with Crippen LogP contribution in [0.25, 0.3) is 22.3 Å². The molecule has 0 saturated carbocycles. The lowest BCUT2D eigenvalue weighted by Crippen LogP contribution is -2.30. The summed E-state index contributed by atoms with van der Waals surface area (Å²) in [6.45, 7) is 8.17. The van der Waals surface area contributed by atoms with Gasteiger partial charge in [0.2, 0.25) is 0 Å².